The van der Waals surface area contributed by atoms with Gasteiger partial charge >= 0.3 is 14.3 Å². The Bertz CT molecular complexity index is 1780. The van der Waals surface area contributed by atoms with Crippen LogP contribution in [0.15, 0.2) is 29.7 Å². The van der Waals surface area contributed by atoms with Crippen LogP contribution in [-0.2, 0) is 27.6 Å². The molecule has 3 aliphatic heterocycles. The van der Waals surface area contributed by atoms with Crippen LogP contribution in [0.5, 0.6) is 0 Å². The molecule has 7 N–H and O–H groups in total. The summed E-state index contributed by atoms with van der Waals surface area (Å²) in [6.45, 7) is -0.877. The van der Waals surface area contributed by atoms with Crippen LogP contribution in [0.3, 0.4) is 0 Å². The van der Waals surface area contributed by atoms with Crippen LogP contribution in [-0.4, -0.2) is 87.6 Å². The van der Waals surface area contributed by atoms with Gasteiger partial charge in [0.15, 0.2) is 29.7 Å². The number of thiol groups is 2. The molecule has 236 valence electrons. The van der Waals surface area contributed by atoms with Gasteiger partial charge in [0.05, 0.1) is 36.2 Å². The molecular weight excluding hydrogens is 667 g/mol. The van der Waals surface area contributed by atoms with E-state index < -0.39 is 69.5 Å². The van der Waals surface area contributed by atoms with Gasteiger partial charge in [0.1, 0.15) is 55.5 Å². The zero-order chi connectivity index (χ0) is 31.0. The van der Waals surface area contributed by atoms with Crippen molar-refractivity contribution in [2.45, 2.75) is 49.5 Å². The Morgan fingerprint density at radius 3 is 2.55 bits per heavy atom. The van der Waals surface area contributed by atoms with E-state index in [1.165, 1.54) is 17.2 Å². The van der Waals surface area contributed by atoms with Crippen LogP contribution in [0, 0.1) is 0 Å². The van der Waals surface area contributed by atoms with Crippen LogP contribution in [0.1, 0.15) is 18.9 Å². The van der Waals surface area contributed by atoms with Crippen molar-refractivity contribution in [3.63, 3.8) is 0 Å². The molecule has 3 fully saturated rings. The predicted octanol–water partition coefficient (Wildman–Crippen LogP) is 1.27. The van der Waals surface area contributed by atoms with E-state index in [0.717, 1.165) is 0 Å². The molecule has 2 unspecified atom stereocenters. The van der Waals surface area contributed by atoms with Gasteiger partial charge in [-0.3, -0.25) is 14.3 Å². The van der Waals surface area contributed by atoms with Crippen molar-refractivity contribution in [3.8, 4) is 0 Å². The number of alkyl halides is 1. The number of imidazole rings is 1. The number of halogens is 1. The molecule has 18 nitrogen and oxygen atoms in total. The Morgan fingerprint density at radius 1 is 1.00 bits per heavy atom. The van der Waals surface area contributed by atoms with E-state index in [1.54, 1.807) is 16.8 Å². The standard InChI is InChI=1S/C21H25FN9O9P2S2/c22-13-11-5-36-41(33,43)39-9-3-12(30-2-1-8-16(23)25-6-26-17(8)30)37-10(9)4-35-42(34,44)40-15(13)20(38-11)31-7-27-14-18(31)28-21(24)29-19(14)32/h1-2,6-7,9-13,15,20,33-34,43-44H,3-5H2,(H4-,23,24,25,26,28,29,32)/q+1/p+1/t9-,10+,11+,12+,13+,15+,20+,41?,42?/m0/s1. The SMILES string of the molecule is Nc1nc2c(ncn2[C@@H]2O[C@@H]3CO[P+](O)(S)O[C@H]4C[C@H](n5ccc6c(N)ncnc65)O[C@@H]4CO[P+](O)(S)O[C@@H]2[C@@H]3F)c(=O)[nH]1. The van der Waals surface area contributed by atoms with Crippen molar-refractivity contribution in [1.29, 1.82) is 0 Å². The zero-order valence-corrected chi connectivity index (χ0v) is 25.8. The number of hydrogen-bond donors (Lipinski definition) is 7. The summed E-state index contributed by atoms with van der Waals surface area (Å²) in [6, 6.07) is 1.74. The van der Waals surface area contributed by atoms with E-state index in [2.05, 4.69) is 49.4 Å². The molecular formula is C21H26FN9O9P2S2+2. The van der Waals surface area contributed by atoms with E-state index in [9.17, 15) is 14.6 Å². The second kappa shape index (κ2) is 11.2. The van der Waals surface area contributed by atoms with Gasteiger partial charge in [0.25, 0.3) is 5.56 Å². The zero-order valence-electron chi connectivity index (χ0n) is 22.2. The number of hydrogen-bond acceptors (Lipinski definition) is 17. The summed E-state index contributed by atoms with van der Waals surface area (Å²) >= 11 is 8.41. The highest BCUT2D eigenvalue weighted by Crippen LogP contribution is 2.67. The molecule has 0 saturated carbocycles. The highest BCUT2D eigenvalue weighted by Gasteiger charge is 2.58. The van der Waals surface area contributed by atoms with Crippen molar-refractivity contribution in [2.24, 2.45) is 0 Å². The van der Waals surface area contributed by atoms with Crippen LogP contribution in [0.2, 0.25) is 0 Å². The molecule has 4 aromatic rings. The Kier molecular flexibility index (Phi) is 7.75. The predicted molar refractivity (Wildman–Crippen MR) is 160 cm³/mol. The first-order valence-electron chi connectivity index (χ1n) is 13.0. The molecule has 2 bridgehead atoms. The monoisotopic (exact) mass is 693 g/mol. The van der Waals surface area contributed by atoms with E-state index in [4.69, 9.17) is 39.0 Å². The quantitative estimate of drug-likeness (QED) is 0.116. The van der Waals surface area contributed by atoms with Gasteiger partial charge in [-0.25, -0.2) is 19.3 Å². The molecule has 0 radical (unpaired) electrons. The number of nitrogens with zero attached hydrogens (tertiary/aromatic N) is 6. The van der Waals surface area contributed by atoms with Crippen LogP contribution >= 0.6 is 38.8 Å². The summed E-state index contributed by atoms with van der Waals surface area (Å²) < 4.78 is 53.7. The maximum absolute atomic E-state index is 15.9. The van der Waals surface area contributed by atoms with E-state index in [-0.39, 0.29) is 36.0 Å². The summed E-state index contributed by atoms with van der Waals surface area (Å²) in [5.74, 6) is 0.0755. The summed E-state index contributed by atoms with van der Waals surface area (Å²) in [5, 5.41) is 0.611. The third-order valence-corrected chi connectivity index (χ3v) is 10.7. The molecule has 3 saturated heterocycles. The average molecular weight is 694 g/mol. The van der Waals surface area contributed by atoms with Crippen LogP contribution < -0.4 is 17.0 Å². The molecule has 7 heterocycles. The second-order valence-electron chi connectivity index (χ2n) is 10.2. The molecule has 44 heavy (non-hydrogen) atoms. The topological polar surface area (TPSA) is 242 Å². The number of nitrogens with two attached hydrogens (primary N) is 2. The number of ether oxygens (including phenoxy) is 2. The average Bonchev–Trinajstić information content (AvgIpc) is 3.72. The van der Waals surface area contributed by atoms with E-state index >= 15 is 4.39 Å². The molecule has 9 atom stereocenters. The summed E-state index contributed by atoms with van der Waals surface area (Å²) in [7, 11) is -7.98. The Morgan fingerprint density at radius 2 is 1.75 bits per heavy atom. The number of aromatic amines is 1. The fraction of sp³-hybridized carbons (Fsp3) is 0.476. The fourth-order valence-electron chi connectivity index (χ4n) is 5.39. The van der Waals surface area contributed by atoms with E-state index in [0.29, 0.717) is 11.0 Å². The van der Waals surface area contributed by atoms with Crippen molar-refractivity contribution >= 4 is 72.8 Å². The molecule has 7 rings (SSSR count). The molecule has 0 spiro atoms. The van der Waals surface area contributed by atoms with Gasteiger partial charge in [-0.1, -0.05) is 0 Å². The minimum Gasteiger partial charge on any atom is -0.383 e. The van der Waals surface area contributed by atoms with Gasteiger partial charge in [0, 0.05) is 12.6 Å². The number of fused-ring (bicyclic) bond motifs is 5. The maximum Gasteiger partial charge on any atom is 0.476 e. The normalized spacial score (nSPS) is 36.6. The van der Waals surface area contributed by atoms with Crippen LogP contribution in [0.25, 0.3) is 22.2 Å². The van der Waals surface area contributed by atoms with Gasteiger partial charge in [-0.2, -0.15) is 32.9 Å². The van der Waals surface area contributed by atoms with Gasteiger partial charge in [-0.15, -0.1) is 0 Å². The van der Waals surface area contributed by atoms with Gasteiger partial charge < -0.3 is 25.5 Å². The van der Waals surface area contributed by atoms with Crippen molar-refractivity contribution < 1.29 is 41.7 Å². The lowest BCUT2D eigenvalue weighted by Crippen LogP contribution is -2.32. The lowest BCUT2D eigenvalue weighted by atomic mass is 10.1. The fourth-order valence-corrected chi connectivity index (χ4v) is 8.39. The number of nitrogen functional groups attached to an aromatic ring is 2. The maximum atomic E-state index is 15.9. The Labute approximate surface area is 257 Å². The first-order valence-corrected chi connectivity index (χ1v) is 18.4. The third kappa shape index (κ3) is 5.54. The van der Waals surface area contributed by atoms with Crippen LogP contribution in [0.4, 0.5) is 16.2 Å². The molecule has 4 aromatic heterocycles. The number of H-pyrrole nitrogens is 1. The number of nitrogens with one attached hydrogen (secondary N) is 1. The minimum absolute atomic E-state index is 0.0268. The smallest absolute Gasteiger partial charge is 0.383 e. The van der Waals surface area contributed by atoms with Crippen molar-refractivity contribution in [1.82, 2.24) is 34.1 Å². The Hall–Kier alpha value is -2.26. The van der Waals surface area contributed by atoms with E-state index in [1.807, 2.05) is 0 Å². The molecule has 0 aliphatic carbocycles. The van der Waals surface area contributed by atoms with Crippen molar-refractivity contribution in [2.75, 3.05) is 24.7 Å². The Balaban J connectivity index is 1.18. The number of rotatable bonds is 2. The lowest BCUT2D eigenvalue weighted by Gasteiger charge is -2.23. The molecule has 0 aromatic carbocycles. The third-order valence-electron chi connectivity index (χ3n) is 7.37. The molecule has 3 aliphatic rings. The summed E-state index contributed by atoms with van der Waals surface area (Å²) in [6.07, 6.45) is -4.23. The largest absolute Gasteiger partial charge is 0.476 e. The summed E-state index contributed by atoms with van der Waals surface area (Å²) in [5.41, 5.74) is 11.4. The lowest BCUT2D eigenvalue weighted by molar-refractivity contribution is -0.0603. The number of aromatic nitrogens is 7. The highest BCUT2D eigenvalue weighted by molar-refractivity contribution is 8.47. The van der Waals surface area contributed by atoms with Gasteiger partial charge in [-0.05, 0) is 6.07 Å². The van der Waals surface area contributed by atoms with Crippen molar-refractivity contribution in [3.05, 3.63) is 35.3 Å². The summed E-state index contributed by atoms with van der Waals surface area (Å²) in [4.78, 5) is 53.1. The first-order chi connectivity index (χ1) is 20.9. The number of anilines is 2. The molecule has 23 heteroatoms. The van der Waals surface area contributed by atoms with Gasteiger partial charge in [0.2, 0.25) is 5.95 Å². The highest BCUT2D eigenvalue weighted by atomic mass is 32.7. The minimum atomic E-state index is -4.08. The second-order valence-corrected chi connectivity index (χ2v) is 16.1. The first kappa shape index (κ1) is 30.4. The molecule has 0 amide bonds.